The van der Waals surface area contributed by atoms with E-state index in [1.165, 1.54) is 0 Å². The topological polar surface area (TPSA) is 99.3 Å². The first-order chi connectivity index (χ1) is 16.7. The second kappa shape index (κ2) is 9.88. The summed E-state index contributed by atoms with van der Waals surface area (Å²) in [5.74, 6) is -0.0939. The number of nitrogens with zero attached hydrogens (tertiary/aromatic N) is 2. The predicted molar refractivity (Wildman–Crippen MR) is 137 cm³/mol. The average molecular weight is 505 g/mol. The van der Waals surface area contributed by atoms with Gasteiger partial charge in [-0.25, -0.2) is 0 Å². The van der Waals surface area contributed by atoms with Crippen molar-refractivity contribution in [3.63, 3.8) is 0 Å². The van der Waals surface area contributed by atoms with E-state index in [0.717, 1.165) is 21.5 Å². The van der Waals surface area contributed by atoms with Crippen molar-refractivity contribution in [2.24, 2.45) is 10.4 Å². The van der Waals surface area contributed by atoms with Gasteiger partial charge in [0.15, 0.2) is 22.9 Å². The van der Waals surface area contributed by atoms with Crippen LogP contribution in [0.15, 0.2) is 107 Å². The van der Waals surface area contributed by atoms with Gasteiger partial charge in [0.05, 0.1) is 0 Å². The Bertz CT molecular complexity index is 1600. The number of rotatable bonds is 2. The van der Waals surface area contributed by atoms with Gasteiger partial charge < -0.3 is 10.2 Å². The van der Waals surface area contributed by atoms with Crippen molar-refractivity contribution in [2.75, 3.05) is 0 Å². The molecule has 0 heterocycles. The molecule has 0 aliphatic heterocycles. The van der Waals surface area contributed by atoms with E-state index in [-0.39, 0.29) is 39.7 Å². The summed E-state index contributed by atoms with van der Waals surface area (Å²) in [5.41, 5.74) is 0.221. The molecule has 0 fully saturated rings. The fourth-order valence-electron chi connectivity index (χ4n) is 4.39. The van der Waals surface area contributed by atoms with Crippen molar-refractivity contribution in [2.45, 2.75) is 0 Å². The molecule has 0 aliphatic carbocycles. The SMILES string of the molecule is O=Nc1c(O)c2ccccc2c2ccccc12.O=Nc1c(O)c2ccccc2c2ccccc12.[Co+2]. The van der Waals surface area contributed by atoms with E-state index in [2.05, 4.69) is 10.4 Å². The largest absolute Gasteiger partial charge is 2.00 e. The molecule has 7 heteroatoms. The molecular weight excluding hydrogens is 487 g/mol. The van der Waals surface area contributed by atoms with E-state index in [4.69, 9.17) is 0 Å². The van der Waals surface area contributed by atoms with Crippen LogP contribution in [0.4, 0.5) is 11.4 Å². The molecule has 0 unspecified atom stereocenters. The third-order valence-corrected chi connectivity index (χ3v) is 5.94. The maximum Gasteiger partial charge on any atom is 2.00 e. The Hall–Kier alpha value is -4.33. The third-order valence-electron chi connectivity index (χ3n) is 5.94. The summed E-state index contributed by atoms with van der Waals surface area (Å²) in [7, 11) is 0. The number of phenols is 2. The van der Waals surface area contributed by atoms with Gasteiger partial charge in [-0.15, -0.1) is 9.81 Å². The number of hydrogen-bond acceptors (Lipinski definition) is 6. The molecule has 0 spiro atoms. The monoisotopic (exact) mass is 505 g/mol. The van der Waals surface area contributed by atoms with Crippen LogP contribution < -0.4 is 0 Å². The van der Waals surface area contributed by atoms with Crippen LogP contribution in [0.2, 0.25) is 0 Å². The minimum atomic E-state index is -0.0469. The molecule has 6 aromatic rings. The zero-order valence-corrected chi connectivity index (χ0v) is 19.2. The van der Waals surface area contributed by atoms with Crippen molar-refractivity contribution < 1.29 is 27.0 Å². The van der Waals surface area contributed by atoms with Gasteiger partial charge >= 0.3 is 16.8 Å². The summed E-state index contributed by atoms with van der Waals surface area (Å²) in [6.45, 7) is 0. The molecule has 0 aliphatic rings. The quantitative estimate of drug-likeness (QED) is 0.183. The number of hydrogen-bond donors (Lipinski definition) is 2. The summed E-state index contributed by atoms with van der Waals surface area (Å²) >= 11 is 0. The minimum absolute atomic E-state index is 0. The fourth-order valence-corrected chi connectivity index (χ4v) is 4.39. The summed E-state index contributed by atoms with van der Waals surface area (Å²) < 4.78 is 0. The maximum atomic E-state index is 10.9. The standard InChI is InChI=1S/2C14H9NO2.Co/c2*16-14-12-8-4-2-6-10(12)9-5-1-3-7-11(9)13(14)15-17;/h2*1-8,16H;/q;;+2. The Balaban J connectivity index is 0.000000160. The van der Waals surface area contributed by atoms with Gasteiger partial charge in [0.1, 0.15) is 0 Å². The number of nitroso groups, excluding NO2 is 2. The molecule has 6 aromatic carbocycles. The van der Waals surface area contributed by atoms with E-state index < -0.39 is 0 Å². The van der Waals surface area contributed by atoms with E-state index in [1.807, 2.05) is 72.8 Å². The zero-order chi connectivity index (χ0) is 23.7. The third kappa shape index (κ3) is 3.97. The first-order valence-electron chi connectivity index (χ1n) is 10.6. The van der Waals surface area contributed by atoms with Crippen LogP contribution in [0, 0.1) is 9.81 Å². The van der Waals surface area contributed by atoms with Crippen molar-refractivity contribution in [3.05, 3.63) is 107 Å². The van der Waals surface area contributed by atoms with E-state index in [1.54, 1.807) is 24.3 Å². The Labute approximate surface area is 210 Å². The smallest absolute Gasteiger partial charge is 0.505 e. The van der Waals surface area contributed by atoms with Crippen LogP contribution in [0.3, 0.4) is 0 Å². The van der Waals surface area contributed by atoms with Gasteiger partial charge in [0.25, 0.3) is 0 Å². The summed E-state index contributed by atoms with van der Waals surface area (Å²) in [5, 5.41) is 32.4. The molecule has 0 bridgehead atoms. The van der Waals surface area contributed by atoms with Crippen molar-refractivity contribution >= 4 is 54.5 Å². The van der Waals surface area contributed by atoms with Crippen LogP contribution >= 0.6 is 0 Å². The van der Waals surface area contributed by atoms with E-state index in [9.17, 15) is 20.0 Å². The van der Waals surface area contributed by atoms with Crippen molar-refractivity contribution in [1.29, 1.82) is 0 Å². The fraction of sp³-hybridized carbons (Fsp3) is 0. The van der Waals surface area contributed by atoms with E-state index in [0.29, 0.717) is 21.5 Å². The Morgan fingerprint density at radius 2 is 0.629 bits per heavy atom. The molecule has 0 saturated heterocycles. The second-order valence-electron chi connectivity index (χ2n) is 7.76. The van der Waals surface area contributed by atoms with Crippen LogP contribution in [0.5, 0.6) is 11.5 Å². The number of fused-ring (bicyclic) bond motifs is 6. The van der Waals surface area contributed by atoms with Gasteiger partial charge in [-0.2, -0.15) is 0 Å². The molecule has 0 saturated carbocycles. The van der Waals surface area contributed by atoms with Crippen molar-refractivity contribution in [3.8, 4) is 11.5 Å². The molecule has 0 amide bonds. The average Bonchev–Trinajstić information content (AvgIpc) is 2.90. The van der Waals surface area contributed by atoms with Gasteiger partial charge in [-0.3, -0.25) is 0 Å². The first-order valence-corrected chi connectivity index (χ1v) is 10.6. The Kier molecular flexibility index (Phi) is 6.72. The molecule has 35 heavy (non-hydrogen) atoms. The first kappa shape index (κ1) is 23.8. The van der Waals surface area contributed by atoms with Crippen LogP contribution in [0.25, 0.3) is 43.1 Å². The normalized spacial score (nSPS) is 10.5. The second-order valence-corrected chi connectivity index (χ2v) is 7.76. The number of benzene rings is 6. The van der Waals surface area contributed by atoms with Gasteiger partial charge in [-0.05, 0) is 31.9 Å². The molecule has 0 aromatic heterocycles. The van der Waals surface area contributed by atoms with Gasteiger partial charge in [0.2, 0.25) is 0 Å². The number of aromatic hydroxyl groups is 2. The minimum Gasteiger partial charge on any atom is -0.505 e. The summed E-state index contributed by atoms with van der Waals surface area (Å²) in [6, 6.07) is 29.8. The van der Waals surface area contributed by atoms with Crippen LogP contribution in [-0.2, 0) is 16.8 Å². The predicted octanol–water partition coefficient (Wildman–Crippen LogP) is 8.19. The van der Waals surface area contributed by atoms with Crippen molar-refractivity contribution in [1.82, 2.24) is 0 Å². The Morgan fingerprint density at radius 3 is 0.914 bits per heavy atom. The summed E-state index contributed by atoms with van der Waals surface area (Å²) in [6.07, 6.45) is 0. The molecule has 2 N–H and O–H groups in total. The van der Waals surface area contributed by atoms with E-state index >= 15 is 0 Å². The van der Waals surface area contributed by atoms with Crippen LogP contribution in [0.1, 0.15) is 0 Å². The zero-order valence-electron chi connectivity index (χ0n) is 18.2. The maximum absolute atomic E-state index is 10.9. The molecule has 171 valence electrons. The van der Waals surface area contributed by atoms with Gasteiger partial charge in [-0.1, -0.05) is 97.1 Å². The molecule has 6 nitrogen and oxygen atoms in total. The summed E-state index contributed by atoms with van der Waals surface area (Å²) in [4.78, 5) is 21.7. The van der Waals surface area contributed by atoms with Gasteiger partial charge in [0, 0.05) is 21.5 Å². The Morgan fingerprint density at radius 1 is 0.400 bits per heavy atom. The van der Waals surface area contributed by atoms with Crippen LogP contribution in [-0.4, -0.2) is 10.2 Å². The molecule has 1 radical (unpaired) electrons. The molecular formula is C28H18CoN2O4+2. The molecule has 6 rings (SSSR count). The molecule has 0 atom stereocenters. The number of phenolic OH excluding ortho intramolecular Hbond substituents is 2.